The molecule has 1 unspecified atom stereocenters. The topological polar surface area (TPSA) is 20.2 Å². The van der Waals surface area contributed by atoms with Crippen molar-refractivity contribution >= 4 is 0 Å². The number of hydrogen-bond donors (Lipinski definition) is 1. The van der Waals surface area contributed by atoms with Gasteiger partial charge in [0, 0.05) is 5.92 Å². The van der Waals surface area contributed by atoms with E-state index in [9.17, 15) is 5.11 Å². The van der Waals surface area contributed by atoms with Crippen LogP contribution in [0.1, 0.15) is 91.9 Å². The first-order chi connectivity index (χ1) is 13.8. The fraction of sp³-hybridized carbons (Fsp3) is 0.857. The molecule has 1 heteroatoms. The molecule has 162 valence electrons. The van der Waals surface area contributed by atoms with E-state index in [1.54, 1.807) is 5.57 Å². The van der Waals surface area contributed by atoms with E-state index in [1.807, 2.05) is 0 Å². The van der Waals surface area contributed by atoms with Gasteiger partial charge in [0.05, 0.1) is 6.10 Å². The summed E-state index contributed by atoms with van der Waals surface area (Å²) in [5.74, 6) is 9.23. The van der Waals surface area contributed by atoms with Crippen molar-refractivity contribution in [2.45, 2.75) is 98.0 Å². The summed E-state index contributed by atoms with van der Waals surface area (Å²) in [6.45, 7) is 9.80. The van der Waals surface area contributed by atoms with Crippen molar-refractivity contribution in [3.05, 3.63) is 11.6 Å². The van der Waals surface area contributed by atoms with Gasteiger partial charge in [-0.3, -0.25) is 0 Å². The smallest absolute Gasteiger partial charge is 0.0580 e. The summed E-state index contributed by atoms with van der Waals surface area (Å²) in [5.41, 5.74) is 2.17. The molecule has 4 aliphatic carbocycles. The van der Waals surface area contributed by atoms with E-state index in [4.69, 9.17) is 6.42 Å². The van der Waals surface area contributed by atoms with E-state index in [-0.39, 0.29) is 6.10 Å². The first-order valence-electron chi connectivity index (χ1n) is 12.7. The maximum atomic E-state index is 10.3. The Bertz CT molecular complexity index is 656. The number of rotatable bonds is 5. The van der Waals surface area contributed by atoms with Crippen molar-refractivity contribution in [3.8, 4) is 12.3 Å². The molecule has 4 rings (SSSR count). The third-order valence-electron chi connectivity index (χ3n) is 10.1. The largest absolute Gasteiger partial charge is 0.393 e. The lowest BCUT2D eigenvalue weighted by molar-refractivity contribution is -0.0402. The first-order valence-corrected chi connectivity index (χ1v) is 12.7. The summed E-state index contributed by atoms with van der Waals surface area (Å²) >= 11 is 0. The number of hydrogen-bond acceptors (Lipinski definition) is 1. The minimum atomic E-state index is -0.0909. The van der Waals surface area contributed by atoms with Crippen molar-refractivity contribution in [1.82, 2.24) is 0 Å². The van der Waals surface area contributed by atoms with Crippen LogP contribution in [0.3, 0.4) is 0 Å². The van der Waals surface area contributed by atoms with Crippen molar-refractivity contribution in [2.24, 2.45) is 52.8 Å². The van der Waals surface area contributed by atoms with Gasteiger partial charge in [-0.2, -0.15) is 0 Å². The van der Waals surface area contributed by atoms with Gasteiger partial charge in [-0.15, -0.1) is 12.3 Å². The third kappa shape index (κ3) is 3.84. The lowest BCUT2D eigenvalue weighted by atomic mass is 9.50. The van der Waals surface area contributed by atoms with Crippen molar-refractivity contribution in [2.75, 3.05) is 0 Å². The average Bonchev–Trinajstić information content (AvgIpc) is 3.04. The van der Waals surface area contributed by atoms with Gasteiger partial charge in [0.2, 0.25) is 0 Å². The molecule has 4 aliphatic rings. The van der Waals surface area contributed by atoms with Crippen LogP contribution in [0.4, 0.5) is 0 Å². The van der Waals surface area contributed by atoms with Gasteiger partial charge in [-0.05, 0) is 98.2 Å². The van der Waals surface area contributed by atoms with Crippen LogP contribution in [0.15, 0.2) is 11.6 Å². The summed E-state index contributed by atoms with van der Waals surface area (Å²) < 4.78 is 0. The van der Waals surface area contributed by atoms with Crippen LogP contribution >= 0.6 is 0 Å². The molecule has 3 saturated carbocycles. The van der Waals surface area contributed by atoms with Crippen molar-refractivity contribution in [3.63, 3.8) is 0 Å². The summed E-state index contributed by atoms with van der Waals surface area (Å²) in [7, 11) is 0. The van der Waals surface area contributed by atoms with Gasteiger partial charge in [-0.25, -0.2) is 0 Å². The Hall–Kier alpha value is -0.740. The molecular weight excluding hydrogens is 352 g/mol. The second-order valence-corrected chi connectivity index (χ2v) is 11.7. The molecule has 0 aliphatic heterocycles. The molecule has 0 amide bonds. The number of aliphatic hydroxyl groups is 1. The molecule has 3 fully saturated rings. The van der Waals surface area contributed by atoms with Gasteiger partial charge >= 0.3 is 0 Å². The molecule has 0 radical (unpaired) electrons. The molecular formula is C28H44O. The lowest BCUT2D eigenvalue weighted by Crippen LogP contribution is -2.48. The molecule has 10 atom stereocenters. The van der Waals surface area contributed by atoms with Crippen LogP contribution in [0.2, 0.25) is 0 Å². The molecule has 0 aromatic carbocycles. The maximum Gasteiger partial charge on any atom is 0.0580 e. The standard InChI is InChI=1S/C28H44O/c1-6-18(2)8-7-9-19(3)25-12-13-26-23-11-10-21-17-22(29)16-20(4)27(21)24(23)14-15-28(25,26)5/h1,10,18-20,22-27,29H,7-9,11-17H2,2-5H3/t18-,19+,20+,22-,23+,24-,25+,26-,27?,28+/m0/s1. The normalized spacial score (nSPS) is 45.9. The van der Waals surface area contributed by atoms with Crippen LogP contribution in [-0.4, -0.2) is 11.2 Å². The molecule has 0 aromatic rings. The van der Waals surface area contributed by atoms with E-state index >= 15 is 0 Å². The highest BCUT2D eigenvalue weighted by Crippen LogP contribution is 2.65. The predicted octanol–water partition coefficient (Wildman–Crippen LogP) is 6.86. The molecule has 1 nitrogen and oxygen atoms in total. The van der Waals surface area contributed by atoms with Gasteiger partial charge in [0.1, 0.15) is 0 Å². The highest BCUT2D eigenvalue weighted by atomic mass is 16.3. The second-order valence-electron chi connectivity index (χ2n) is 11.7. The summed E-state index contributed by atoms with van der Waals surface area (Å²) in [4.78, 5) is 0. The van der Waals surface area contributed by atoms with Gasteiger partial charge in [0.25, 0.3) is 0 Å². The molecule has 0 aromatic heterocycles. The fourth-order valence-corrected chi connectivity index (χ4v) is 8.74. The minimum absolute atomic E-state index is 0.0909. The summed E-state index contributed by atoms with van der Waals surface area (Å²) in [6, 6.07) is 0. The first kappa shape index (κ1) is 21.5. The van der Waals surface area contributed by atoms with Crippen LogP contribution in [0.25, 0.3) is 0 Å². The molecule has 1 N–H and O–H groups in total. The monoisotopic (exact) mass is 396 g/mol. The summed E-state index contributed by atoms with van der Waals surface area (Å²) in [6.07, 6.45) is 20.9. The number of terminal acetylenes is 1. The minimum Gasteiger partial charge on any atom is -0.393 e. The lowest BCUT2D eigenvalue weighted by Gasteiger charge is -2.55. The molecule has 29 heavy (non-hydrogen) atoms. The van der Waals surface area contributed by atoms with E-state index in [2.05, 4.69) is 39.7 Å². The quantitative estimate of drug-likeness (QED) is 0.397. The zero-order chi connectivity index (χ0) is 20.8. The van der Waals surface area contributed by atoms with Crippen molar-refractivity contribution < 1.29 is 5.11 Å². The fourth-order valence-electron chi connectivity index (χ4n) is 8.74. The predicted molar refractivity (Wildman–Crippen MR) is 122 cm³/mol. The number of allylic oxidation sites excluding steroid dienone is 1. The maximum absolute atomic E-state index is 10.3. The average molecular weight is 397 g/mol. The van der Waals surface area contributed by atoms with E-state index < -0.39 is 0 Å². The molecule has 0 bridgehead atoms. The molecule has 0 spiro atoms. The third-order valence-corrected chi connectivity index (χ3v) is 10.1. The van der Waals surface area contributed by atoms with Crippen LogP contribution in [-0.2, 0) is 0 Å². The number of fused-ring (bicyclic) bond motifs is 5. The second kappa shape index (κ2) is 8.42. The summed E-state index contributed by atoms with van der Waals surface area (Å²) in [5, 5.41) is 10.3. The SMILES string of the molecule is C#C[C@H](C)CCC[C@@H](C)[C@H]1CC[C@H]2[C@@H]3CC=C4C[C@@H](O)C[C@@H](C)C4[C@H]3CC[C@]12C. The Balaban J connectivity index is 1.45. The molecule has 0 heterocycles. The molecule has 0 saturated heterocycles. The van der Waals surface area contributed by atoms with E-state index in [0.717, 1.165) is 48.3 Å². The van der Waals surface area contributed by atoms with Crippen LogP contribution < -0.4 is 0 Å². The van der Waals surface area contributed by atoms with Crippen LogP contribution in [0.5, 0.6) is 0 Å². The highest BCUT2D eigenvalue weighted by molar-refractivity contribution is 5.21. The van der Waals surface area contributed by atoms with E-state index in [1.165, 1.54) is 51.4 Å². The number of aliphatic hydroxyl groups excluding tert-OH is 1. The Labute approximate surface area is 180 Å². The van der Waals surface area contributed by atoms with Gasteiger partial charge < -0.3 is 5.11 Å². The van der Waals surface area contributed by atoms with Gasteiger partial charge in [-0.1, -0.05) is 52.2 Å². The highest BCUT2D eigenvalue weighted by Gasteiger charge is 2.57. The Morgan fingerprint density at radius 2 is 2.00 bits per heavy atom. The van der Waals surface area contributed by atoms with Crippen molar-refractivity contribution in [1.29, 1.82) is 0 Å². The van der Waals surface area contributed by atoms with Crippen LogP contribution in [0, 0.1) is 65.1 Å². The zero-order valence-electron chi connectivity index (χ0n) is 19.4. The van der Waals surface area contributed by atoms with E-state index in [0.29, 0.717) is 17.3 Å². The Kier molecular flexibility index (Phi) is 6.24. The Morgan fingerprint density at radius 1 is 1.21 bits per heavy atom. The van der Waals surface area contributed by atoms with Gasteiger partial charge in [0.15, 0.2) is 0 Å². The zero-order valence-corrected chi connectivity index (χ0v) is 19.4. The Morgan fingerprint density at radius 3 is 2.76 bits per heavy atom.